The second kappa shape index (κ2) is 8.09. The molecule has 3 heterocycles. The van der Waals surface area contributed by atoms with Gasteiger partial charge in [0, 0.05) is 35.5 Å². The summed E-state index contributed by atoms with van der Waals surface area (Å²) < 4.78 is 34.1. The van der Waals surface area contributed by atoms with Crippen molar-refractivity contribution < 1.29 is 18.3 Å². The molecular formula is C24H19F2N5O2. The SMILES string of the molecule is COc1cc(-c2cccc(F)c2F)cc2c(N3CCC3C(N)=O)nc(-c3cccnc3)nc12. The molecule has 1 saturated heterocycles. The largest absolute Gasteiger partial charge is 0.494 e. The molecule has 0 spiro atoms. The molecule has 5 rings (SSSR count). The number of halogens is 2. The minimum atomic E-state index is -0.965. The van der Waals surface area contributed by atoms with Gasteiger partial charge in [-0.15, -0.1) is 0 Å². The van der Waals surface area contributed by atoms with Gasteiger partial charge in [0.05, 0.1) is 7.11 Å². The zero-order valence-corrected chi connectivity index (χ0v) is 17.6. The molecule has 0 bridgehead atoms. The van der Waals surface area contributed by atoms with Crippen molar-refractivity contribution in [3.05, 3.63) is 66.5 Å². The number of nitrogens with two attached hydrogens (primary N) is 1. The molecule has 33 heavy (non-hydrogen) atoms. The van der Waals surface area contributed by atoms with E-state index in [2.05, 4.69) is 9.97 Å². The summed E-state index contributed by atoms with van der Waals surface area (Å²) in [5.41, 5.74) is 7.20. The maximum absolute atomic E-state index is 14.6. The van der Waals surface area contributed by atoms with Crippen molar-refractivity contribution in [1.82, 2.24) is 15.0 Å². The van der Waals surface area contributed by atoms with Gasteiger partial charge < -0.3 is 15.4 Å². The Bertz CT molecular complexity index is 1380. The number of benzene rings is 2. The highest BCUT2D eigenvalue weighted by Gasteiger charge is 2.35. The lowest BCUT2D eigenvalue weighted by Crippen LogP contribution is -2.55. The van der Waals surface area contributed by atoms with Crippen LogP contribution in [0.5, 0.6) is 5.75 Å². The van der Waals surface area contributed by atoms with Crippen molar-refractivity contribution >= 4 is 22.6 Å². The Labute approximate surface area is 187 Å². The number of hydrogen-bond acceptors (Lipinski definition) is 6. The summed E-state index contributed by atoms with van der Waals surface area (Å²) in [7, 11) is 1.47. The highest BCUT2D eigenvalue weighted by atomic mass is 19.2. The second-order valence-electron chi connectivity index (χ2n) is 7.69. The number of fused-ring (bicyclic) bond motifs is 1. The zero-order valence-electron chi connectivity index (χ0n) is 17.6. The Balaban J connectivity index is 1.80. The third kappa shape index (κ3) is 3.51. The van der Waals surface area contributed by atoms with E-state index in [0.29, 0.717) is 52.4 Å². The van der Waals surface area contributed by atoms with Crippen molar-refractivity contribution in [3.8, 4) is 28.3 Å². The summed E-state index contributed by atoms with van der Waals surface area (Å²) in [6, 6.07) is 10.3. The maximum Gasteiger partial charge on any atom is 0.240 e. The molecule has 1 amide bonds. The van der Waals surface area contributed by atoms with Crippen LogP contribution in [0.4, 0.5) is 14.6 Å². The van der Waals surface area contributed by atoms with Crippen LogP contribution in [0.3, 0.4) is 0 Å². The van der Waals surface area contributed by atoms with Crippen LogP contribution < -0.4 is 15.4 Å². The average Bonchev–Trinajstić information content (AvgIpc) is 2.79. The first-order chi connectivity index (χ1) is 16.0. The van der Waals surface area contributed by atoms with Crippen LogP contribution >= 0.6 is 0 Å². The molecule has 0 saturated carbocycles. The van der Waals surface area contributed by atoms with E-state index in [1.54, 1.807) is 35.5 Å². The Kier molecular flexibility index (Phi) is 5.08. The molecule has 0 radical (unpaired) electrons. The summed E-state index contributed by atoms with van der Waals surface area (Å²) >= 11 is 0. The lowest BCUT2D eigenvalue weighted by molar-refractivity contribution is -0.120. The molecule has 1 aliphatic heterocycles. The van der Waals surface area contributed by atoms with Gasteiger partial charge >= 0.3 is 0 Å². The molecule has 166 valence electrons. The molecule has 1 unspecified atom stereocenters. The predicted octanol–water partition coefficient (Wildman–Crippen LogP) is 3.71. The number of amides is 1. The summed E-state index contributed by atoms with van der Waals surface area (Å²) in [5.74, 6) is -1.17. The lowest BCUT2D eigenvalue weighted by atomic mass is 9.98. The number of carbonyl (C=O) groups is 1. The molecule has 7 nitrogen and oxygen atoms in total. The number of rotatable bonds is 5. The fraction of sp³-hybridized carbons (Fsp3) is 0.167. The summed E-state index contributed by atoms with van der Waals surface area (Å²) in [6.45, 7) is 0.563. The van der Waals surface area contributed by atoms with Crippen molar-refractivity contribution in [1.29, 1.82) is 0 Å². The molecule has 1 fully saturated rings. The maximum atomic E-state index is 14.6. The number of anilines is 1. The molecule has 1 aliphatic rings. The topological polar surface area (TPSA) is 94.2 Å². The van der Waals surface area contributed by atoms with Crippen molar-refractivity contribution in [3.63, 3.8) is 0 Å². The first kappa shape index (κ1) is 20.7. The third-order valence-corrected chi connectivity index (χ3v) is 5.77. The summed E-state index contributed by atoms with van der Waals surface area (Å²) in [4.78, 5) is 27.3. The fourth-order valence-electron chi connectivity index (χ4n) is 4.00. The first-order valence-corrected chi connectivity index (χ1v) is 10.3. The van der Waals surface area contributed by atoms with E-state index in [1.807, 2.05) is 6.07 Å². The van der Waals surface area contributed by atoms with Crippen molar-refractivity contribution in [2.75, 3.05) is 18.6 Å². The predicted molar refractivity (Wildman–Crippen MR) is 120 cm³/mol. The van der Waals surface area contributed by atoms with Gasteiger partial charge in [-0.05, 0) is 42.3 Å². The third-order valence-electron chi connectivity index (χ3n) is 5.77. The normalized spacial score (nSPS) is 15.4. The quantitative estimate of drug-likeness (QED) is 0.501. The van der Waals surface area contributed by atoms with Gasteiger partial charge in [-0.2, -0.15) is 0 Å². The summed E-state index contributed by atoms with van der Waals surface area (Å²) in [5, 5.41) is 0.534. The number of aromatic nitrogens is 3. The van der Waals surface area contributed by atoms with Gasteiger partial charge in [0.2, 0.25) is 5.91 Å². The fourth-order valence-corrected chi connectivity index (χ4v) is 4.00. The Morgan fingerprint density at radius 2 is 2.00 bits per heavy atom. The molecule has 0 aliphatic carbocycles. The second-order valence-corrected chi connectivity index (χ2v) is 7.69. The van der Waals surface area contributed by atoms with E-state index in [4.69, 9.17) is 15.5 Å². The average molecular weight is 447 g/mol. The van der Waals surface area contributed by atoms with E-state index in [1.165, 1.54) is 19.2 Å². The number of primary amides is 1. The summed E-state index contributed by atoms with van der Waals surface area (Å²) in [6.07, 6.45) is 3.87. The number of ether oxygens (including phenoxy) is 1. The van der Waals surface area contributed by atoms with Crippen molar-refractivity contribution in [2.24, 2.45) is 5.73 Å². The van der Waals surface area contributed by atoms with Gasteiger partial charge in [0.15, 0.2) is 17.5 Å². The van der Waals surface area contributed by atoms with Gasteiger partial charge in [0.1, 0.15) is 23.1 Å². The number of carbonyl (C=O) groups excluding carboxylic acids is 1. The van der Waals surface area contributed by atoms with E-state index in [0.717, 1.165) is 6.07 Å². The monoisotopic (exact) mass is 447 g/mol. The van der Waals surface area contributed by atoms with Crippen LogP contribution in [-0.4, -0.2) is 40.6 Å². The highest BCUT2D eigenvalue weighted by molar-refractivity contribution is 6.00. The van der Waals surface area contributed by atoms with Crippen LogP contribution in [0.2, 0.25) is 0 Å². The standard InChI is InChI=1S/C24H19F2N5O2/c1-33-19-11-14(15-5-2-6-17(25)20(15)26)10-16-21(19)29-23(13-4-3-8-28-12-13)30-24(16)31-9-7-18(31)22(27)32/h2-6,8,10-12,18H,7,9H2,1H3,(H2,27,32). The molecule has 2 aromatic carbocycles. The van der Waals surface area contributed by atoms with Crippen LogP contribution in [-0.2, 0) is 4.79 Å². The molecule has 9 heteroatoms. The smallest absolute Gasteiger partial charge is 0.240 e. The van der Waals surface area contributed by atoms with Crippen LogP contribution in [0.15, 0.2) is 54.9 Å². The Morgan fingerprint density at radius 3 is 2.67 bits per heavy atom. The van der Waals surface area contributed by atoms with E-state index in [-0.39, 0.29) is 5.56 Å². The van der Waals surface area contributed by atoms with Crippen LogP contribution in [0.25, 0.3) is 33.4 Å². The Morgan fingerprint density at radius 1 is 1.15 bits per heavy atom. The minimum Gasteiger partial charge on any atom is -0.494 e. The van der Waals surface area contributed by atoms with Gasteiger partial charge in [0.25, 0.3) is 0 Å². The number of methoxy groups -OCH3 is 1. The number of nitrogens with zero attached hydrogens (tertiary/aromatic N) is 4. The molecule has 2 N–H and O–H groups in total. The van der Waals surface area contributed by atoms with E-state index in [9.17, 15) is 13.6 Å². The van der Waals surface area contributed by atoms with E-state index < -0.39 is 23.6 Å². The number of hydrogen-bond donors (Lipinski definition) is 1. The lowest BCUT2D eigenvalue weighted by Gasteiger charge is -2.40. The van der Waals surface area contributed by atoms with Gasteiger partial charge in [-0.3, -0.25) is 9.78 Å². The highest BCUT2D eigenvalue weighted by Crippen LogP contribution is 2.40. The van der Waals surface area contributed by atoms with Gasteiger partial charge in [-0.1, -0.05) is 12.1 Å². The van der Waals surface area contributed by atoms with E-state index >= 15 is 0 Å². The van der Waals surface area contributed by atoms with Crippen molar-refractivity contribution in [2.45, 2.75) is 12.5 Å². The molecule has 4 aromatic rings. The van der Waals surface area contributed by atoms with Crippen LogP contribution in [0, 0.1) is 11.6 Å². The molecular weight excluding hydrogens is 428 g/mol. The minimum absolute atomic E-state index is 0.0764. The first-order valence-electron chi connectivity index (χ1n) is 10.3. The molecule has 2 aromatic heterocycles. The number of pyridine rings is 1. The molecule has 1 atom stereocenters. The zero-order chi connectivity index (χ0) is 23.1. The Hall–Kier alpha value is -4.14. The van der Waals surface area contributed by atoms with Gasteiger partial charge in [-0.25, -0.2) is 18.7 Å². The van der Waals surface area contributed by atoms with Crippen LogP contribution in [0.1, 0.15) is 6.42 Å².